The van der Waals surface area contributed by atoms with E-state index < -0.39 is 6.16 Å². The van der Waals surface area contributed by atoms with Crippen molar-refractivity contribution < 1.29 is 14.3 Å². The lowest BCUT2D eigenvalue weighted by atomic mass is 10.2. The maximum Gasteiger partial charge on any atom is 0.513 e. The number of rotatable bonds is 1. The highest BCUT2D eigenvalue weighted by Crippen LogP contribution is 2.29. The van der Waals surface area contributed by atoms with Crippen LogP contribution in [0.2, 0.25) is 0 Å². The van der Waals surface area contributed by atoms with Crippen molar-refractivity contribution in [2.45, 2.75) is 0 Å². The van der Waals surface area contributed by atoms with Crippen molar-refractivity contribution >= 4 is 44.0 Å². The maximum absolute atomic E-state index is 11.1. The van der Waals surface area contributed by atoms with Crippen LogP contribution in [-0.2, 0) is 4.74 Å². The zero-order valence-electron chi connectivity index (χ0n) is 9.94. The summed E-state index contributed by atoms with van der Waals surface area (Å²) in [7, 11) is 1.27. The Morgan fingerprint density at radius 2 is 2.16 bits per heavy atom. The van der Waals surface area contributed by atoms with E-state index in [2.05, 4.69) is 30.6 Å². The van der Waals surface area contributed by atoms with Crippen molar-refractivity contribution in [3.63, 3.8) is 0 Å². The van der Waals surface area contributed by atoms with Crippen LogP contribution in [0.15, 0.2) is 34.9 Å². The highest BCUT2D eigenvalue weighted by atomic mass is 79.9. The molecule has 2 aromatic heterocycles. The number of benzene rings is 1. The van der Waals surface area contributed by atoms with Gasteiger partial charge in [-0.05, 0) is 40.2 Å². The second-order valence-electron chi connectivity index (χ2n) is 3.94. The molecule has 0 aliphatic rings. The van der Waals surface area contributed by atoms with E-state index in [0.29, 0.717) is 5.75 Å². The normalized spacial score (nSPS) is 10.8. The molecule has 0 amide bonds. The summed E-state index contributed by atoms with van der Waals surface area (Å²) in [5.41, 5.74) is 1.71. The molecule has 0 unspecified atom stereocenters. The van der Waals surface area contributed by atoms with Crippen molar-refractivity contribution in [3.8, 4) is 5.75 Å². The van der Waals surface area contributed by atoms with Gasteiger partial charge in [-0.3, -0.25) is 0 Å². The van der Waals surface area contributed by atoms with E-state index in [-0.39, 0.29) is 0 Å². The average Bonchev–Trinajstić information content (AvgIpc) is 2.76. The Labute approximate surface area is 116 Å². The molecule has 6 heteroatoms. The smallest absolute Gasteiger partial charge is 0.437 e. The third-order valence-electron chi connectivity index (χ3n) is 2.76. The monoisotopic (exact) mass is 320 g/mol. The molecule has 3 rings (SSSR count). The van der Waals surface area contributed by atoms with Crippen LogP contribution in [0.5, 0.6) is 5.75 Å². The van der Waals surface area contributed by atoms with E-state index in [4.69, 9.17) is 4.74 Å². The van der Waals surface area contributed by atoms with Gasteiger partial charge in [0.2, 0.25) is 0 Å². The molecule has 1 N–H and O–H groups in total. The second-order valence-corrected chi connectivity index (χ2v) is 4.85. The van der Waals surface area contributed by atoms with E-state index in [9.17, 15) is 4.79 Å². The molecule has 3 aromatic rings. The molecule has 0 fully saturated rings. The number of methoxy groups -OCH3 is 1. The molecule has 19 heavy (non-hydrogen) atoms. The van der Waals surface area contributed by atoms with Gasteiger partial charge in [0.15, 0.2) is 0 Å². The maximum atomic E-state index is 11.1. The number of hydrogen-bond donors (Lipinski definition) is 1. The number of ether oxygens (including phenoxy) is 2. The fourth-order valence-electron chi connectivity index (χ4n) is 1.93. The number of aromatic amines is 1. The summed E-state index contributed by atoms with van der Waals surface area (Å²) >= 11 is 3.39. The van der Waals surface area contributed by atoms with E-state index in [1.54, 1.807) is 18.3 Å². The van der Waals surface area contributed by atoms with Gasteiger partial charge in [0.1, 0.15) is 11.4 Å². The number of H-pyrrole nitrogens is 1. The van der Waals surface area contributed by atoms with Gasteiger partial charge in [-0.15, -0.1) is 0 Å². The van der Waals surface area contributed by atoms with Gasteiger partial charge in [0, 0.05) is 27.0 Å². The highest BCUT2D eigenvalue weighted by molar-refractivity contribution is 9.10. The molecular formula is C13H9BrN2O3. The fourth-order valence-corrected chi connectivity index (χ4v) is 2.26. The van der Waals surface area contributed by atoms with Gasteiger partial charge in [0.05, 0.1) is 7.11 Å². The van der Waals surface area contributed by atoms with Crippen LogP contribution in [0, 0.1) is 0 Å². The lowest BCUT2D eigenvalue weighted by Gasteiger charge is -2.02. The minimum atomic E-state index is -0.738. The van der Waals surface area contributed by atoms with Crippen LogP contribution in [0.3, 0.4) is 0 Å². The Morgan fingerprint density at radius 1 is 1.32 bits per heavy atom. The molecule has 1 aromatic carbocycles. The number of nitrogens with zero attached hydrogens (tertiary/aromatic N) is 1. The van der Waals surface area contributed by atoms with Crippen molar-refractivity contribution in [2.75, 3.05) is 7.11 Å². The number of halogens is 1. The first-order chi connectivity index (χ1) is 9.17. The predicted octanol–water partition coefficient (Wildman–Crippen LogP) is 3.62. The second kappa shape index (κ2) is 4.55. The van der Waals surface area contributed by atoms with E-state index in [0.717, 1.165) is 26.4 Å². The SMILES string of the molecule is COC(=O)Oc1ccc2[nH]c3ncc(Br)cc3c2c1. The van der Waals surface area contributed by atoms with E-state index in [1.807, 2.05) is 12.1 Å². The van der Waals surface area contributed by atoms with Crippen LogP contribution in [0.4, 0.5) is 4.79 Å². The van der Waals surface area contributed by atoms with Crippen molar-refractivity contribution in [1.29, 1.82) is 0 Å². The van der Waals surface area contributed by atoms with Crippen LogP contribution in [-0.4, -0.2) is 23.2 Å². The number of fused-ring (bicyclic) bond motifs is 3. The van der Waals surface area contributed by atoms with Crippen molar-refractivity contribution in [2.24, 2.45) is 0 Å². The molecule has 0 atom stereocenters. The Balaban J connectivity index is 2.17. The topological polar surface area (TPSA) is 64.2 Å². The summed E-state index contributed by atoms with van der Waals surface area (Å²) in [6.07, 6.45) is 0.988. The summed E-state index contributed by atoms with van der Waals surface area (Å²) in [5, 5.41) is 1.89. The standard InChI is InChI=1S/C13H9BrN2O3/c1-18-13(17)19-8-2-3-11-9(5-8)10-4-7(14)6-15-12(10)16-11/h2-6H,1H3,(H,15,16). The number of carbonyl (C=O) groups is 1. The van der Waals surface area contributed by atoms with Gasteiger partial charge < -0.3 is 14.5 Å². The van der Waals surface area contributed by atoms with Gasteiger partial charge in [-0.25, -0.2) is 9.78 Å². The average molecular weight is 321 g/mol. The highest BCUT2D eigenvalue weighted by Gasteiger charge is 2.09. The van der Waals surface area contributed by atoms with Gasteiger partial charge >= 0.3 is 6.16 Å². The summed E-state index contributed by atoms with van der Waals surface area (Å²) in [5.74, 6) is 0.431. The molecule has 0 spiro atoms. The zero-order valence-corrected chi connectivity index (χ0v) is 11.5. The van der Waals surface area contributed by atoms with E-state index >= 15 is 0 Å². The van der Waals surface area contributed by atoms with E-state index in [1.165, 1.54) is 7.11 Å². The van der Waals surface area contributed by atoms with Crippen LogP contribution < -0.4 is 4.74 Å². The number of carbonyl (C=O) groups excluding carboxylic acids is 1. The fraction of sp³-hybridized carbons (Fsp3) is 0.0769. The third-order valence-corrected chi connectivity index (χ3v) is 3.19. The Hall–Kier alpha value is -2.08. The van der Waals surface area contributed by atoms with Crippen LogP contribution in [0.25, 0.3) is 21.9 Å². The Kier molecular flexibility index (Phi) is 2.87. The number of hydrogen-bond acceptors (Lipinski definition) is 4. The molecule has 0 radical (unpaired) electrons. The Bertz CT molecular complexity index is 782. The first kappa shape index (κ1) is 12.0. The van der Waals surface area contributed by atoms with Crippen molar-refractivity contribution in [3.05, 3.63) is 34.9 Å². The van der Waals surface area contributed by atoms with Crippen LogP contribution in [0.1, 0.15) is 0 Å². The molecule has 5 nitrogen and oxygen atoms in total. The predicted molar refractivity (Wildman–Crippen MR) is 74.3 cm³/mol. The van der Waals surface area contributed by atoms with Crippen LogP contribution >= 0.6 is 15.9 Å². The lowest BCUT2D eigenvalue weighted by molar-refractivity contribution is 0.121. The first-order valence-corrected chi connectivity index (χ1v) is 6.29. The number of nitrogens with one attached hydrogen (secondary N) is 1. The quantitative estimate of drug-likeness (QED) is 0.549. The minimum absolute atomic E-state index is 0.431. The summed E-state index contributed by atoms with van der Waals surface area (Å²) in [4.78, 5) is 18.6. The summed E-state index contributed by atoms with van der Waals surface area (Å²) < 4.78 is 10.4. The number of aromatic nitrogens is 2. The molecule has 0 bridgehead atoms. The molecule has 0 aliphatic carbocycles. The number of pyridine rings is 1. The molecule has 0 aliphatic heterocycles. The lowest BCUT2D eigenvalue weighted by Crippen LogP contribution is -2.06. The molecule has 0 saturated heterocycles. The molecule has 2 heterocycles. The molecule has 0 saturated carbocycles. The van der Waals surface area contributed by atoms with Gasteiger partial charge in [-0.1, -0.05) is 0 Å². The zero-order chi connectivity index (χ0) is 13.4. The van der Waals surface area contributed by atoms with Gasteiger partial charge in [-0.2, -0.15) is 0 Å². The Morgan fingerprint density at radius 3 is 2.95 bits per heavy atom. The largest absolute Gasteiger partial charge is 0.513 e. The van der Waals surface area contributed by atoms with Gasteiger partial charge in [0.25, 0.3) is 0 Å². The molecule has 96 valence electrons. The summed E-state index contributed by atoms with van der Waals surface area (Å²) in [6.45, 7) is 0. The summed E-state index contributed by atoms with van der Waals surface area (Å²) in [6, 6.07) is 7.27. The third kappa shape index (κ3) is 2.15. The minimum Gasteiger partial charge on any atom is -0.437 e. The first-order valence-electron chi connectivity index (χ1n) is 5.50. The molecular weight excluding hydrogens is 312 g/mol. The van der Waals surface area contributed by atoms with Crippen molar-refractivity contribution in [1.82, 2.24) is 9.97 Å².